The van der Waals surface area contributed by atoms with E-state index in [0.29, 0.717) is 5.56 Å². The number of aromatic nitrogens is 2. The average Bonchev–Trinajstić information content (AvgIpc) is 2.96. The van der Waals surface area contributed by atoms with E-state index in [-0.39, 0.29) is 5.91 Å². The average molecular weight is 267 g/mol. The van der Waals surface area contributed by atoms with E-state index >= 15 is 0 Å². The summed E-state index contributed by atoms with van der Waals surface area (Å²) in [4.78, 5) is 12.3. The molecule has 1 amide bonds. The standard InChI is InChI=1S/C15H13N3O2/c1-20-11-7-5-10(6-8-11)17-15(19)12-3-2-4-14-13(12)9-16-18-14/h2-9H,1H3,(H,16,18)(H,17,19). The predicted octanol–water partition coefficient (Wildman–Crippen LogP) is 2.82. The molecule has 0 aliphatic heterocycles. The number of hydrogen-bond acceptors (Lipinski definition) is 3. The number of methoxy groups -OCH3 is 1. The van der Waals surface area contributed by atoms with Crippen LogP contribution in [0.1, 0.15) is 10.4 Å². The normalized spacial score (nSPS) is 10.4. The lowest BCUT2D eigenvalue weighted by atomic mass is 10.1. The number of aromatic amines is 1. The van der Waals surface area contributed by atoms with Crippen LogP contribution in [0.3, 0.4) is 0 Å². The summed E-state index contributed by atoms with van der Waals surface area (Å²) in [5, 5.41) is 10.5. The van der Waals surface area contributed by atoms with Crippen molar-refractivity contribution >= 4 is 22.5 Å². The minimum Gasteiger partial charge on any atom is -0.497 e. The highest BCUT2D eigenvalue weighted by atomic mass is 16.5. The number of benzene rings is 2. The molecule has 0 saturated carbocycles. The molecular formula is C15H13N3O2. The van der Waals surface area contributed by atoms with Crippen LogP contribution in [0.25, 0.3) is 10.9 Å². The Morgan fingerprint density at radius 2 is 2.00 bits per heavy atom. The van der Waals surface area contributed by atoms with E-state index in [1.165, 1.54) is 0 Å². The maximum Gasteiger partial charge on any atom is 0.256 e. The molecule has 3 aromatic rings. The summed E-state index contributed by atoms with van der Waals surface area (Å²) >= 11 is 0. The topological polar surface area (TPSA) is 67.0 Å². The maximum atomic E-state index is 12.3. The molecule has 3 rings (SSSR count). The lowest BCUT2D eigenvalue weighted by molar-refractivity contribution is 0.102. The van der Waals surface area contributed by atoms with Crippen LogP contribution >= 0.6 is 0 Å². The van der Waals surface area contributed by atoms with E-state index < -0.39 is 0 Å². The number of carbonyl (C=O) groups is 1. The Balaban J connectivity index is 1.87. The molecule has 0 bridgehead atoms. The number of carbonyl (C=O) groups excluding carboxylic acids is 1. The number of hydrogen-bond donors (Lipinski definition) is 2. The monoisotopic (exact) mass is 267 g/mol. The van der Waals surface area contributed by atoms with Crippen molar-refractivity contribution in [2.45, 2.75) is 0 Å². The van der Waals surface area contributed by atoms with Gasteiger partial charge in [0.2, 0.25) is 0 Å². The van der Waals surface area contributed by atoms with Crippen molar-refractivity contribution in [3.8, 4) is 5.75 Å². The molecule has 0 aliphatic carbocycles. The molecule has 5 heteroatoms. The SMILES string of the molecule is COc1ccc(NC(=O)c2cccc3[nH]ncc23)cc1. The molecule has 0 atom stereocenters. The van der Waals surface area contributed by atoms with Gasteiger partial charge in [0.1, 0.15) is 5.75 Å². The molecule has 0 radical (unpaired) electrons. The quantitative estimate of drug-likeness (QED) is 0.766. The Kier molecular flexibility index (Phi) is 3.09. The third-order valence-electron chi connectivity index (χ3n) is 3.08. The second kappa shape index (κ2) is 5.05. The van der Waals surface area contributed by atoms with Crippen LogP contribution in [0.4, 0.5) is 5.69 Å². The Hall–Kier alpha value is -2.82. The molecule has 0 fully saturated rings. The summed E-state index contributed by atoms with van der Waals surface area (Å²) in [6.45, 7) is 0. The van der Waals surface area contributed by atoms with E-state index in [2.05, 4.69) is 15.5 Å². The molecule has 20 heavy (non-hydrogen) atoms. The minimum atomic E-state index is -0.165. The van der Waals surface area contributed by atoms with Crippen molar-refractivity contribution in [3.63, 3.8) is 0 Å². The van der Waals surface area contributed by atoms with Crippen molar-refractivity contribution in [3.05, 3.63) is 54.2 Å². The first-order valence-electron chi connectivity index (χ1n) is 6.15. The summed E-state index contributed by atoms with van der Waals surface area (Å²) in [7, 11) is 1.60. The number of H-pyrrole nitrogens is 1. The van der Waals surface area contributed by atoms with E-state index in [1.54, 1.807) is 43.6 Å². The molecule has 0 aliphatic rings. The van der Waals surface area contributed by atoms with E-state index in [4.69, 9.17) is 4.74 Å². The van der Waals surface area contributed by atoms with Crippen LogP contribution in [0.2, 0.25) is 0 Å². The Morgan fingerprint density at radius 3 is 2.75 bits per heavy atom. The van der Waals surface area contributed by atoms with Gasteiger partial charge in [-0.2, -0.15) is 5.10 Å². The third-order valence-corrected chi connectivity index (χ3v) is 3.08. The van der Waals surface area contributed by atoms with Gasteiger partial charge in [-0.1, -0.05) is 6.07 Å². The van der Waals surface area contributed by atoms with Crippen molar-refractivity contribution in [1.29, 1.82) is 0 Å². The van der Waals surface area contributed by atoms with Crippen molar-refractivity contribution in [2.75, 3.05) is 12.4 Å². The summed E-state index contributed by atoms with van der Waals surface area (Å²) in [6.07, 6.45) is 1.65. The van der Waals surface area contributed by atoms with Crippen LogP contribution < -0.4 is 10.1 Å². The van der Waals surface area contributed by atoms with Gasteiger partial charge in [0.15, 0.2) is 0 Å². The molecule has 0 unspecified atom stereocenters. The minimum absolute atomic E-state index is 0.165. The van der Waals surface area contributed by atoms with Gasteiger partial charge in [-0.05, 0) is 36.4 Å². The number of rotatable bonds is 3. The van der Waals surface area contributed by atoms with Gasteiger partial charge >= 0.3 is 0 Å². The van der Waals surface area contributed by atoms with Crippen molar-refractivity contribution in [1.82, 2.24) is 10.2 Å². The molecule has 0 saturated heterocycles. The number of amides is 1. The number of ether oxygens (including phenoxy) is 1. The second-order valence-corrected chi connectivity index (χ2v) is 4.32. The molecule has 1 heterocycles. The molecule has 0 spiro atoms. The third kappa shape index (κ3) is 2.21. The van der Waals surface area contributed by atoms with Crippen molar-refractivity contribution in [2.24, 2.45) is 0 Å². The maximum absolute atomic E-state index is 12.3. The molecule has 100 valence electrons. The summed E-state index contributed by atoms with van der Waals surface area (Å²) < 4.78 is 5.08. The van der Waals surface area contributed by atoms with Gasteiger partial charge < -0.3 is 10.1 Å². The predicted molar refractivity (Wildman–Crippen MR) is 77.0 cm³/mol. The van der Waals surface area contributed by atoms with E-state index in [1.807, 2.05) is 12.1 Å². The zero-order valence-electron chi connectivity index (χ0n) is 10.9. The highest BCUT2D eigenvalue weighted by molar-refractivity contribution is 6.12. The first-order chi connectivity index (χ1) is 9.78. The lowest BCUT2D eigenvalue weighted by Gasteiger charge is -2.07. The summed E-state index contributed by atoms with van der Waals surface area (Å²) in [6, 6.07) is 12.7. The first kappa shape index (κ1) is 12.2. The molecule has 5 nitrogen and oxygen atoms in total. The molecule has 2 N–H and O–H groups in total. The van der Waals surface area contributed by atoms with Gasteiger partial charge in [-0.15, -0.1) is 0 Å². The fourth-order valence-corrected chi connectivity index (χ4v) is 2.04. The van der Waals surface area contributed by atoms with Gasteiger partial charge in [0, 0.05) is 11.1 Å². The van der Waals surface area contributed by atoms with Crippen molar-refractivity contribution < 1.29 is 9.53 Å². The number of nitrogens with one attached hydrogen (secondary N) is 2. The zero-order chi connectivity index (χ0) is 13.9. The highest BCUT2D eigenvalue weighted by Crippen LogP contribution is 2.19. The highest BCUT2D eigenvalue weighted by Gasteiger charge is 2.11. The molecule has 1 aromatic heterocycles. The number of nitrogens with zero attached hydrogens (tertiary/aromatic N) is 1. The van der Waals surface area contributed by atoms with Gasteiger partial charge in [0.05, 0.1) is 24.4 Å². The number of fused-ring (bicyclic) bond motifs is 1. The van der Waals surface area contributed by atoms with Crippen LogP contribution in [0.15, 0.2) is 48.7 Å². The number of anilines is 1. The van der Waals surface area contributed by atoms with E-state index in [9.17, 15) is 4.79 Å². The van der Waals surface area contributed by atoms with Gasteiger partial charge in [-0.25, -0.2) is 0 Å². The second-order valence-electron chi connectivity index (χ2n) is 4.32. The Bertz CT molecular complexity index is 747. The van der Waals surface area contributed by atoms with Crippen LogP contribution in [0.5, 0.6) is 5.75 Å². The molecular weight excluding hydrogens is 254 g/mol. The largest absolute Gasteiger partial charge is 0.497 e. The summed E-state index contributed by atoms with van der Waals surface area (Å²) in [5.41, 5.74) is 2.15. The van der Waals surface area contributed by atoms with Gasteiger partial charge in [0.25, 0.3) is 5.91 Å². The first-order valence-corrected chi connectivity index (χ1v) is 6.15. The zero-order valence-corrected chi connectivity index (χ0v) is 10.9. The van der Waals surface area contributed by atoms with Crippen LogP contribution in [0, 0.1) is 0 Å². The fraction of sp³-hybridized carbons (Fsp3) is 0.0667. The Morgan fingerprint density at radius 1 is 1.20 bits per heavy atom. The lowest BCUT2D eigenvalue weighted by Crippen LogP contribution is -2.12. The van der Waals surface area contributed by atoms with Gasteiger partial charge in [-0.3, -0.25) is 9.89 Å². The molecule has 2 aromatic carbocycles. The summed E-state index contributed by atoms with van der Waals surface area (Å²) in [5.74, 6) is 0.585. The fourth-order valence-electron chi connectivity index (χ4n) is 2.04. The van der Waals surface area contributed by atoms with Crippen LogP contribution in [-0.4, -0.2) is 23.2 Å². The van der Waals surface area contributed by atoms with Crippen LogP contribution in [-0.2, 0) is 0 Å². The smallest absolute Gasteiger partial charge is 0.256 e. The Labute approximate surface area is 115 Å². The van der Waals surface area contributed by atoms with E-state index in [0.717, 1.165) is 22.3 Å².